The zero-order valence-electron chi connectivity index (χ0n) is 17.8. The molecule has 3 nitrogen and oxygen atoms in total. The molecule has 156 valence electrons. The summed E-state index contributed by atoms with van der Waals surface area (Å²) in [6.07, 6.45) is 9.06. The van der Waals surface area contributed by atoms with E-state index in [4.69, 9.17) is 0 Å². The molecule has 1 fully saturated rings. The summed E-state index contributed by atoms with van der Waals surface area (Å²) in [6, 6.07) is 19.0. The van der Waals surface area contributed by atoms with Crippen LogP contribution in [0.4, 0.5) is 0 Å². The number of aromatic nitrogens is 1. The average Bonchev–Trinajstić information content (AvgIpc) is 3.19. The van der Waals surface area contributed by atoms with Gasteiger partial charge in [0.05, 0.1) is 6.61 Å². The first-order chi connectivity index (χ1) is 14.8. The number of hydrogen-bond acceptors (Lipinski definition) is 2. The van der Waals surface area contributed by atoms with Gasteiger partial charge in [-0.3, -0.25) is 4.90 Å². The van der Waals surface area contributed by atoms with Crippen molar-refractivity contribution in [3.8, 4) is 0 Å². The van der Waals surface area contributed by atoms with Gasteiger partial charge in [0.1, 0.15) is 0 Å². The van der Waals surface area contributed by atoms with Crippen molar-refractivity contribution < 1.29 is 5.11 Å². The molecule has 1 saturated heterocycles. The van der Waals surface area contributed by atoms with Crippen LogP contribution in [0.25, 0.3) is 10.9 Å². The molecular formula is C27H32N2O. The maximum Gasteiger partial charge on any atom is 0.0833 e. The van der Waals surface area contributed by atoms with Crippen LogP contribution in [0.5, 0.6) is 0 Å². The van der Waals surface area contributed by atoms with Gasteiger partial charge in [-0.2, -0.15) is 0 Å². The van der Waals surface area contributed by atoms with Gasteiger partial charge in [-0.1, -0.05) is 36.4 Å². The molecule has 3 aromatic rings. The third-order valence-corrected chi connectivity index (χ3v) is 8.08. The van der Waals surface area contributed by atoms with E-state index in [1.54, 1.807) is 16.7 Å². The first-order valence-electron chi connectivity index (χ1n) is 11.9. The van der Waals surface area contributed by atoms with E-state index in [9.17, 15) is 5.11 Å². The van der Waals surface area contributed by atoms with Crippen LogP contribution in [0, 0.1) is 0 Å². The summed E-state index contributed by atoms with van der Waals surface area (Å²) in [6.45, 7) is 2.43. The predicted octanol–water partition coefficient (Wildman–Crippen LogP) is 5.73. The minimum absolute atomic E-state index is 0.120. The standard InChI is InChI=1S/C27H32N2O/c30-18-23-17-21-5-1-2-10-25(21)29(23)22-13-15-28(16-14-22)26-12-11-20-7-3-6-19-8-4-9-24(26)27(19)20/h1-2,4-5,8-10,17,20,22,26,30H,3,6-7,11-16,18H2. The van der Waals surface area contributed by atoms with Crippen LogP contribution in [0.1, 0.15) is 78.9 Å². The zero-order valence-corrected chi connectivity index (χ0v) is 17.8. The normalized spacial score (nSPS) is 24.8. The highest BCUT2D eigenvalue weighted by Gasteiger charge is 2.35. The lowest BCUT2D eigenvalue weighted by atomic mass is 9.71. The van der Waals surface area contributed by atoms with Crippen LogP contribution < -0.4 is 0 Å². The Balaban J connectivity index is 1.25. The van der Waals surface area contributed by atoms with Gasteiger partial charge in [0.15, 0.2) is 0 Å². The highest BCUT2D eigenvalue weighted by atomic mass is 16.3. The van der Waals surface area contributed by atoms with Crippen molar-refractivity contribution >= 4 is 10.9 Å². The molecule has 6 rings (SSSR count). The molecule has 3 aliphatic rings. The molecule has 2 atom stereocenters. The van der Waals surface area contributed by atoms with E-state index in [1.165, 1.54) is 55.8 Å². The van der Waals surface area contributed by atoms with Gasteiger partial charge in [-0.15, -0.1) is 0 Å². The lowest BCUT2D eigenvalue weighted by Gasteiger charge is -2.44. The number of aryl methyl sites for hydroxylation is 1. The molecule has 2 unspecified atom stereocenters. The second-order valence-electron chi connectivity index (χ2n) is 9.59. The molecule has 2 heterocycles. The number of aliphatic hydroxyl groups excluding tert-OH is 1. The van der Waals surface area contributed by atoms with Crippen LogP contribution in [0.3, 0.4) is 0 Å². The second kappa shape index (κ2) is 7.55. The molecular weight excluding hydrogens is 368 g/mol. The Morgan fingerprint density at radius 2 is 1.77 bits per heavy atom. The van der Waals surface area contributed by atoms with Crippen LogP contribution in [0.15, 0.2) is 48.5 Å². The fourth-order valence-corrected chi connectivity index (χ4v) is 6.75. The number of rotatable bonds is 3. The summed E-state index contributed by atoms with van der Waals surface area (Å²) >= 11 is 0. The van der Waals surface area contributed by atoms with Gasteiger partial charge in [0.2, 0.25) is 0 Å². The quantitative estimate of drug-likeness (QED) is 0.608. The molecule has 2 aliphatic carbocycles. The van der Waals surface area contributed by atoms with Gasteiger partial charge in [0, 0.05) is 36.4 Å². The molecule has 0 saturated carbocycles. The maximum absolute atomic E-state index is 9.96. The van der Waals surface area contributed by atoms with Crippen molar-refractivity contribution in [3.63, 3.8) is 0 Å². The third kappa shape index (κ3) is 2.94. The van der Waals surface area contributed by atoms with Crippen LogP contribution >= 0.6 is 0 Å². The summed E-state index contributed by atoms with van der Waals surface area (Å²) in [5.74, 6) is 0.817. The second-order valence-corrected chi connectivity index (χ2v) is 9.59. The highest BCUT2D eigenvalue weighted by Crippen LogP contribution is 2.47. The summed E-state index contributed by atoms with van der Waals surface area (Å²) in [5.41, 5.74) is 7.34. The summed E-state index contributed by atoms with van der Waals surface area (Å²) < 4.78 is 2.42. The highest BCUT2D eigenvalue weighted by molar-refractivity contribution is 5.81. The van der Waals surface area contributed by atoms with Gasteiger partial charge in [-0.05, 0) is 85.1 Å². The number of aliphatic hydroxyl groups is 1. The summed E-state index contributed by atoms with van der Waals surface area (Å²) in [4.78, 5) is 2.77. The molecule has 0 radical (unpaired) electrons. The molecule has 1 N–H and O–H groups in total. The average molecular weight is 401 g/mol. The van der Waals surface area contributed by atoms with E-state index in [0.717, 1.165) is 24.7 Å². The predicted molar refractivity (Wildman–Crippen MR) is 122 cm³/mol. The van der Waals surface area contributed by atoms with Crippen molar-refractivity contribution in [1.29, 1.82) is 0 Å². The largest absolute Gasteiger partial charge is 0.390 e. The molecule has 0 bridgehead atoms. The van der Waals surface area contributed by atoms with Crippen LogP contribution in [0.2, 0.25) is 0 Å². The van der Waals surface area contributed by atoms with Gasteiger partial charge in [-0.25, -0.2) is 0 Å². The van der Waals surface area contributed by atoms with E-state index in [-0.39, 0.29) is 6.61 Å². The minimum atomic E-state index is 0.120. The van der Waals surface area contributed by atoms with Crippen molar-refractivity contribution in [2.75, 3.05) is 13.1 Å². The van der Waals surface area contributed by atoms with E-state index in [1.807, 2.05) is 0 Å². The Morgan fingerprint density at radius 1 is 0.900 bits per heavy atom. The van der Waals surface area contributed by atoms with Crippen molar-refractivity contribution in [2.45, 2.75) is 69.6 Å². The number of benzene rings is 2. The molecule has 2 aromatic carbocycles. The smallest absolute Gasteiger partial charge is 0.0833 e. The van der Waals surface area contributed by atoms with Gasteiger partial charge in [0.25, 0.3) is 0 Å². The number of nitrogens with zero attached hydrogens (tertiary/aromatic N) is 2. The molecule has 30 heavy (non-hydrogen) atoms. The Labute approximate surface area is 179 Å². The molecule has 0 amide bonds. The fourth-order valence-electron chi connectivity index (χ4n) is 6.75. The molecule has 1 aliphatic heterocycles. The lowest BCUT2D eigenvalue weighted by Crippen LogP contribution is -2.39. The first kappa shape index (κ1) is 18.7. The number of likely N-dealkylation sites (tertiary alicyclic amines) is 1. The Kier molecular flexibility index (Phi) is 4.69. The monoisotopic (exact) mass is 400 g/mol. The van der Waals surface area contributed by atoms with Crippen LogP contribution in [-0.4, -0.2) is 27.7 Å². The van der Waals surface area contributed by atoms with Gasteiger partial charge >= 0.3 is 0 Å². The van der Waals surface area contributed by atoms with E-state index in [2.05, 4.69) is 58.0 Å². The number of para-hydroxylation sites is 1. The van der Waals surface area contributed by atoms with Crippen molar-refractivity contribution in [2.24, 2.45) is 0 Å². The zero-order chi connectivity index (χ0) is 20.1. The van der Waals surface area contributed by atoms with E-state index >= 15 is 0 Å². The first-order valence-corrected chi connectivity index (χ1v) is 11.9. The lowest BCUT2D eigenvalue weighted by molar-refractivity contribution is 0.117. The topological polar surface area (TPSA) is 28.4 Å². The van der Waals surface area contributed by atoms with Crippen molar-refractivity contribution in [1.82, 2.24) is 9.47 Å². The minimum Gasteiger partial charge on any atom is -0.390 e. The maximum atomic E-state index is 9.96. The SMILES string of the molecule is OCc1cc2ccccc2n1C1CCN(C2CCC3CCCc4cccc2c43)CC1. The fraction of sp³-hybridized carbons (Fsp3) is 0.481. The van der Waals surface area contributed by atoms with E-state index in [0.29, 0.717) is 12.1 Å². The molecule has 1 aromatic heterocycles. The number of hydrogen-bond donors (Lipinski definition) is 1. The Bertz CT molecular complexity index is 1060. The van der Waals surface area contributed by atoms with Crippen molar-refractivity contribution in [3.05, 3.63) is 70.9 Å². The van der Waals surface area contributed by atoms with Gasteiger partial charge < -0.3 is 9.67 Å². The summed E-state index contributed by atoms with van der Waals surface area (Å²) in [5, 5.41) is 11.2. The molecule has 3 heteroatoms. The number of piperidine rings is 1. The van der Waals surface area contributed by atoms with Crippen LogP contribution in [-0.2, 0) is 13.0 Å². The number of fused-ring (bicyclic) bond motifs is 1. The van der Waals surface area contributed by atoms with E-state index < -0.39 is 0 Å². The summed E-state index contributed by atoms with van der Waals surface area (Å²) in [7, 11) is 0. The third-order valence-electron chi connectivity index (χ3n) is 8.08. The molecule has 0 spiro atoms. The Hall–Kier alpha value is -2.10. The Morgan fingerprint density at radius 3 is 2.63 bits per heavy atom.